The average Bonchev–Trinajstić information content (AvgIpc) is 2.81. The second-order valence-electron chi connectivity index (χ2n) is 6.22. The van der Waals surface area contributed by atoms with Crippen molar-refractivity contribution in [1.82, 2.24) is 9.03 Å². The van der Waals surface area contributed by atoms with Gasteiger partial charge in [-0.1, -0.05) is 38.5 Å². The van der Waals surface area contributed by atoms with Crippen LogP contribution in [0.2, 0.25) is 0 Å². The predicted octanol–water partition coefficient (Wildman–Crippen LogP) is 1.87. The van der Waals surface area contributed by atoms with E-state index in [-0.39, 0.29) is 0 Å². The third kappa shape index (κ3) is 4.17. The number of hydrogen-bond acceptors (Lipinski definition) is 3. The first kappa shape index (κ1) is 16.7. The Labute approximate surface area is 127 Å². The van der Waals surface area contributed by atoms with E-state index in [1.807, 2.05) is 0 Å². The minimum atomic E-state index is -3.72. The Balaban J connectivity index is 2.16. The van der Waals surface area contributed by atoms with Crippen LogP contribution in [0.5, 0.6) is 0 Å². The van der Waals surface area contributed by atoms with E-state index >= 15 is 0 Å². The molecule has 1 aliphatic carbocycles. The first-order valence-corrected chi connectivity index (χ1v) is 9.43. The van der Waals surface area contributed by atoms with Crippen molar-refractivity contribution in [3.8, 4) is 0 Å². The third-order valence-electron chi connectivity index (χ3n) is 4.60. The molecule has 122 valence electrons. The van der Waals surface area contributed by atoms with Gasteiger partial charge in [0.25, 0.3) is 10.2 Å². The SMILES string of the molecule is O=C(O)C1(NS(=O)(=O)N2CCCCCC2)CCCCCC1. The first-order chi connectivity index (χ1) is 9.96. The smallest absolute Gasteiger partial charge is 0.324 e. The molecule has 21 heavy (non-hydrogen) atoms. The molecule has 0 aromatic heterocycles. The quantitative estimate of drug-likeness (QED) is 0.775. The van der Waals surface area contributed by atoms with Crippen molar-refractivity contribution in [3.05, 3.63) is 0 Å². The average molecular weight is 318 g/mol. The molecule has 1 saturated heterocycles. The molecule has 0 spiro atoms. The molecule has 0 aromatic rings. The van der Waals surface area contributed by atoms with Crippen molar-refractivity contribution >= 4 is 16.2 Å². The molecule has 0 radical (unpaired) electrons. The zero-order chi connectivity index (χ0) is 15.3. The molecule has 1 heterocycles. The summed E-state index contributed by atoms with van der Waals surface area (Å²) in [7, 11) is -3.72. The van der Waals surface area contributed by atoms with Crippen molar-refractivity contribution in [1.29, 1.82) is 0 Å². The van der Waals surface area contributed by atoms with Crippen molar-refractivity contribution < 1.29 is 18.3 Å². The fourth-order valence-corrected chi connectivity index (χ4v) is 4.94. The van der Waals surface area contributed by atoms with Crippen LogP contribution in [-0.4, -0.2) is 42.4 Å². The van der Waals surface area contributed by atoms with Crippen LogP contribution in [0.25, 0.3) is 0 Å². The first-order valence-electron chi connectivity index (χ1n) is 7.99. The van der Waals surface area contributed by atoms with E-state index in [2.05, 4.69) is 4.72 Å². The monoisotopic (exact) mass is 318 g/mol. The Kier molecular flexibility index (Phi) is 5.62. The van der Waals surface area contributed by atoms with Crippen LogP contribution in [0.3, 0.4) is 0 Å². The molecule has 0 amide bonds. The minimum absolute atomic E-state index is 0.384. The molecule has 0 atom stereocenters. The molecule has 2 N–H and O–H groups in total. The van der Waals surface area contributed by atoms with Gasteiger partial charge in [-0.2, -0.15) is 17.4 Å². The van der Waals surface area contributed by atoms with Crippen LogP contribution in [0.15, 0.2) is 0 Å². The maximum absolute atomic E-state index is 12.6. The molecule has 7 heteroatoms. The molecule has 2 aliphatic rings. The highest BCUT2D eigenvalue weighted by molar-refractivity contribution is 7.87. The Bertz CT molecular complexity index is 448. The van der Waals surface area contributed by atoms with Crippen LogP contribution in [0, 0.1) is 0 Å². The normalized spacial score (nSPS) is 25.0. The van der Waals surface area contributed by atoms with E-state index in [0.29, 0.717) is 25.9 Å². The maximum atomic E-state index is 12.6. The Morgan fingerprint density at radius 3 is 1.86 bits per heavy atom. The van der Waals surface area contributed by atoms with Gasteiger partial charge < -0.3 is 5.11 Å². The number of nitrogens with zero attached hydrogens (tertiary/aromatic N) is 1. The zero-order valence-corrected chi connectivity index (χ0v) is 13.3. The Hall–Kier alpha value is -0.660. The second kappa shape index (κ2) is 7.07. The van der Waals surface area contributed by atoms with Crippen LogP contribution in [-0.2, 0) is 15.0 Å². The van der Waals surface area contributed by atoms with Gasteiger partial charge >= 0.3 is 5.97 Å². The largest absolute Gasteiger partial charge is 0.480 e. The number of rotatable bonds is 4. The fourth-order valence-electron chi connectivity index (χ4n) is 3.29. The van der Waals surface area contributed by atoms with Gasteiger partial charge in [-0.15, -0.1) is 0 Å². The van der Waals surface area contributed by atoms with Crippen LogP contribution >= 0.6 is 0 Å². The number of carboxylic acid groups (broad SMARTS) is 1. The van der Waals surface area contributed by atoms with Gasteiger partial charge in [0.2, 0.25) is 0 Å². The summed E-state index contributed by atoms with van der Waals surface area (Å²) in [4.78, 5) is 11.7. The van der Waals surface area contributed by atoms with E-state index < -0.39 is 21.7 Å². The van der Waals surface area contributed by atoms with Crippen LogP contribution in [0.1, 0.15) is 64.2 Å². The Morgan fingerprint density at radius 2 is 1.38 bits per heavy atom. The minimum Gasteiger partial charge on any atom is -0.480 e. The van der Waals surface area contributed by atoms with Gasteiger partial charge in [0, 0.05) is 13.1 Å². The van der Waals surface area contributed by atoms with Crippen molar-refractivity contribution in [3.63, 3.8) is 0 Å². The lowest BCUT2D eigenvalue weighted by atomic mass is 9.92. The zero-order valence-electron chi connectivity index (χ0n) is 12.5. The van der Waals surface area contributed by atoms with Crippen molar-refractivity contribution in [2.45, 2.75) is 69.7 Å². The highest BCUT2D eigenvalue weighted by atomic mass is 32.2. The molecule has 1 aliphatic heterocycles. The molecular formula is C14H26N2O4S. The van der Waals surface area contributed by atoms with E-state index in [9.17, 15) is 18.3 Å². The highest BCUT2D eigenvalue weighted by Crippen LogP contribution is 2.29. The topological polar surface area (TPSA) is 86.7 Å². The van der Waals surface area contributed by atoms with Gasteiger partial charge in [-0.25, -0.2) is 0 Å². The van der Waals surface area contributed by atoms with Gasteiger partial charge in [-0.3, -0.25) is 4.79 Å². The number of aliphatic carboxylic acids is 1. The van der Waals surface area contributed by atoms with Gasteiger partial charge in [0.15, 0.2) is 0 Å². The standard InChI is InChI=1S/C14H26N2O4S/c17-13(18)14(9-5-1-2-6-10-14)15-21(19,20)16-11-7-3-4-8-12-16/h15H,1-12H2,(H,17,18). The lowest BCUT2D eigenvalue weighted by Gasteiger charge is -2.32. The van der Waals surface area contributed by atoms with E-state index in [0.717, 1.165) is 51.4 Å². The third-order valence-corrected chi connectivity index (χ3v) is 6.29. The highest BCUT2D eigenvalue weighted by Gasteiger charge is 2.43. The molecule has 0 unspecified atom stereocenters. The summed E-state index contributed by atoms with van der Waals surface area (Å²) in [6.07, 6.45) is 8.00. The second-order valence-corrected chi connectivity index (χ2v) is 7.89. The molecule has 0 bridgehead atoms. The molecule has 2 rings (SSSR count). The summed E-state index contributed by atoms with van der Waals surface area (Å²) in [5.74, 6) is -1.04. The molecule has 0 aromatic carbocycles. The number of carbonyl (C=O) groups is 1. The van der Waals surface area contributed by atoms with Gasteiger partial charge in [0.1, 0.15) is 5.54 Å². The van der Waals surface area contributed by atoms with Crippen LogP contribution in [0.4, 0.5) is 0 Å². The summed E-state index contributed by atoms with van der Waals surface area (Å²) in [6.45, 7) is 0.982. The molecule has 2 fully saturated rings. The van der Waals surface area contributed by atoms with Gasteiger partial charge in [0.05, 0.1) is 0 Å². The number of carboxylic acids is 1. The van der Waals surface area contributed by atoms with Gasteiger partial charge in [-0.05, 0) is 25.7 Å². The number of nitrogens with one attached hydrogen (secondary N) is 1. The van der Waals surface area contributed by atoms with Crippen LogP contribution < -0.4 is 4.72 Å². The summed E-state index contributed by atoms with van der Waals surface area (Å²) in [5, 5.41) is 9.59. The summed E-state index contributed by atoms with van der Waals surface area (Å²) < 4.78 is 29.1. The molecule has 6 nitrogen and oxygen atoms in total. The summed E-state index contributed by atoms with van der Waals surface area (Å²) in [6, 6.07) is 0. The fraction of sp³-hybridized carbons (Fsp3) is 0.929. The Morgan fingerprint density at radius 1 is 0.905 bits per heavy atom. The molecular weight excluding hydrogens is 292 g/mol. The van der Waals surface area contributed by atoms with Crippen molar-refractivity contribution in [2.75, 3.05) is 13.1 Å². The summed E-state index contributed by atoms with van der Waals surface area (Å²) >= 11 is 0. The van der Waals surface area contributed by atoms with E-state index in [4.69, 9.17) is 0 Å². The lowest BCUT2D eigenvalue weighted by molar-refractivity contribution is -0.144. The summed E-state index contributed by atoms with van der Waals surface area (Å²) in [5.41, 5.74) is -1.32. The molecule has 1 saturated carbocycles. The van der Waals surface area contributed by atoms with E-state index in [1.54, 1.807) is 0 Å². The van der Waals surface area contributed by atoms with E-state index in [1.165, 1.54) is 4.31 Å². The predicted molar refractivity (Wildman–Crippen MR) is 80.2 cm³/mol. The number of hydrogen-bond donors (Lipinski definition) is 2. The van der Waals surface area contributed by atoms with Crippen molar-refractivity contribution in [2.24, 2.45) is 0 Å². The lowest BCUT2D eigenvalue weighted by Crippen LogP contribution is -2.57. The maximum Gasteiger partial charge on any atom is 0.324 e.